The molecule has 0 aromatic heterocycles. The largest absolute Gasteiger partial charge is 0.298 e. The summed E-state index contributed by atoms with van der Waals surface area (Å²) in [5, 5.41) is 0. The Kier molecular flexibility index (Phi) is 1.81. The van der Waals surface area contributed by atoms with Crippen molar-refractivity contribution < 1.29 is 0 Å². The summed E-state index contributed by atoms with van der Waals surface area (Å²) in [6.45, 7) is 4.91. The normalized spacial score (nSPS) is 56.8. The van der Waals surface area contributed by atoms with Crippen LogP contribution in [0, 0.1) is 17.8 Å². The standard InChI is InChI=1S/C13H23N/c1-4-12-9-5-11-6-10(12)8-13(2,7-9)14(11)3/h9-12H,4-8H2,1-3H3. The van der Waals surface area contributed by atoms with E-state index in [0.29, 0.717) is 5.54 Å². The van der Waals surface area contributed by atoms with Crippen molar-refractivity contribution in [2.24, 2.45) is 17.8 Å². The zero-order valence-electron chi connectivity index (χ0n) is 9.79. The number of rotatable bonds is 1. The molecule has 2 atom stereocenters. The van der Waals surface area contributed by atoms with Crippen molar-refractivity contribution in [2.75, 3.05) is 7.05 Å². The van der Waals surface area contributed by atoms with Crippen LogP contribution in [-0.4, -0.2) is 23.5 Å². The number of nitrogens with zero attached hydrogens (tertiary/aromatic N) is 1. The monoisotopic (exact) mass is 193 g/mol. The van der Waals surface area contributed by atoms with Gasteiger partial charge in [0, 0.05) is 11.6 Å². The maximum Gasteiger partial charge on any atom is 0.0186 e. The molecule has 1 heteroatoms. The molecule has 2 saturated heterocycles. The number of piperidine rings is 2. The highest BCUT2D eigenvalue weighted by molar-refractivity contribution is 5.09. The third-order valence-electron chi connectivity index (χ3n) is 5.64. The van der Waals surface area contributed by atoms with E-state index < -0.39 is 0 Å². The van der Waals surface area contributed by atoms with Crippen molar-refractivity contribution in [3.05, 3.63) is 0 Å². The van der Waals surface area contributed by atoms with Gasteiger partial charge in [0.2, 0.25) is 0 Å². The SMILES string of the molecule is CCC1C2CC3CC1CC(C)(C2)N3C. The van der Waals surface area contributed by atoms with E-state index in [2.05, 4.69) is 25.8 Å². The van der Waals surface area contributed by atoms with Crippen molar-refractivity contribution in [1.82, 2.24) is 4.90 Å². The summed E-state index contributed by atoms with van der Waals surface area (Å²) >= 11 is 0. The molecule has 0 spiro atoms. The van der Waals surface area contributed by atoms with E-state index in [4.69, 9.17) is 0 Å². The second-order valence-corrected chi connectivity index (χ2v) is 6.23. The minimum Gasteiger partial charge on any atom is -0.298 e. The maximum atomic E-state index is 2.70. The molecule has 80 valence electrons. The molecule has 0 aromatic rings. The molecule has 4 bridgehead atoms. The van der Waals surface area contributed by atoms with Gasteiger partial charge in [0.1, 0.15) is 0 Å². The predicted octanol–water partition coefficient (Wildman–Crippen LogP) is 2.91. The van der Waals surface area contributed by atoms with E-state index >= 15 is 0 Å². The number of hydrogen-bond acceptors (Lipinski definition) is 1. The molecule has 2 heterocycles. The van der Waals surface area contributed by atoms with Gasteiger partial charge < -0.3 is 0 Å². The molecule has 4 aliphatic rings. The van der Waals surface area contributed by atoms with E-state index in [9.17, 15) is 0 Å². The first kappa shape index (κ1) is 9.21. The molecule has 4 rings (SSSR count). The fourth-order valence-electron chi connectivity index (χ4n) is 4.92. The van der Waals surface area contributed by atoms with Crippen LogP contribution < -0.4 is 0 Å². The Hall–Kier alpha value is -0.0400. The van der Waals surface area contributed by atoms with Crippen LogP contribution in [0.5, 0.6) is 0 Å². The van der Waals surface area contributed by atoms with Crippen LogP contribution in [0.15, 0.2) is 0 Å². The van der Waals surface area contributed by atoms with Crippen LogP contribution in [-0.2, 0) is 0 Å². The van der Waals surface area contributed by atoms with Crippen LogP contribution in [0.2, 0.25) is 0 Å². The van der Waals surface area contributed by atoms with E-state index in [1.807, 2.05) is 0 Å². The molecule has 0 aromatic carbocycles. The van der Waals surface area contributed by atoms with E-state index in [1.165, 1.54) is 32.1 Å². The van der Waals surface area contributed by atoms with Crippen molar-refractivity contribution in [2.45, 2.75) is 57.5 Å². The van der Waals surface area contributed by atoms with Gasteiger partial charge in [-0.25, -0.2) is 0 Å². The minimum absolute atomic E-state index is 0.572. The lowest BCUT2D eigenvalue weighted by Gasteiger charge is -2.64. The van der Waals surface area contributed by atoms with Gasteiger partial charge in [0.05, 0.1) is 0 Å². The molecule has 0 radical (unpaired) electrons. The van der Waals surface area contributed by atoms with Crippen molar-refractivity contribution in [1.29, 1.82) is 0 Å². The topological polar surface area (TPSA) is 3.24 Å². The molecule has 2 unspecified atom stereocenters. The average Bonchev–Trinajstić information content (AvgIpc) is 2.12. The molecule has 4 fully saturated rings. The fourth-order valence-corrected chi connectivity index (χ4v) is 4.92. The molecule has 2 aliphatic carbocycles. The first-order chi connectivity index (χ1) is 6.64. The van der Waals surface area contributed by atoms with E-state index in [-0.39, 0.29) is 0 Å². The first-order valence-corrected chi connectivity index (χ1v) is 6.37. The first-order valence-electron chi connectivity index (χ1n) is 6.37. The summed E-state index contributed by atoms with van der Waals surface area (Å²) in [5.74, 6) is 3.21. The van der Waals surface area contributed by atoms with Gasteiger partial charge in [-0.05, 0) is 57.4 Å². The van der Waals surface area contributed by atoms with Gasteiger partial charge in [0.25, 0.3) is 0 Å². The molecule has 2 saturated carbocycles. The van der Waals surface area contributed by atoms with Crippen LogP contribution in [0.4, 0.5) is 0 Å². The molecular weight excluding hydrogens is 170 g/mol. The van der Waals surface area contributed by atoms with E-state index in [1.54, 1.807) is 0 Å². The summed E-state index contributed by atoms with van der Waals surface area (Å²) in [4.78, 5) is 2.70. The predicted molar refractivity (Wildman–Crippen MR) is 59.2 cm³/mol. The third kappa shape index (κ3) is 0.997. The highest BCUT2D eigenvalue weighted by Crippen LogP contribution is 2.57. The summed E-state index contributed by atoms with van der Waals surface area (Å²) in [6.07, 6.45) is 7.40. The van der Waals surface area contributed by atoms with Gasteiger partial charge in [-0.3, -0.25) is 4.90 Å². The Morgan fingerprint density at radius 2 is 1.79 bits per heavy atom. The zero-order valence-corrected chi connectivity index (χ0v) is 9.79. The van der Waals surface area contributed by atoms with Gasteiger partial charge in [0.15, 0.2) is 0 Å². The molecule has 0 amide bonds. The maximum absolute atomic E-state index is 2.70. The van der Waals surface area contributed by atoms with Gasteiger partial charge >= 0.3 is 0 Å². The molecular formula is C13H23N. The van der Waals surface area contributed by atoms with Gasteiger partial charge in [-0.2, -0.15) is 0 Å². The summed E-state index contributed by atoms with van der Waals surface area (Å²) in [7, 11) is 2.36. The lowest BCUT2D eigenvalue weighted by atomic mass is 9.53. The van der Waals surface area contributed by atoms with Crippen molar-refractivity contribution in [3.63, 3.8) is 0 Å². The van der Waals surface area contributed by atoms with Crippen molar-refractivity contribution >= 4 is 0 Å². The van der Waals surface area contributed by atoms with Crippen LogP contribution in [0.25, 0.3) is 0 Å². The lowest BCUT2D eigenvalue weighted by molar-refractivity contribution is -0.131. The Labute approximate surface area is 87.9 Å². The van der Waals surface area contributed by atoms with Crippen LogP contribution in [0.3, 0.4) is 0 Å². The fraction of sp³-hybridized carbons (Fsp3) is 1.00. The summed E-state index contributed by atoms with van der Waals surface area (Å²) in [5.41, 5.74) is 0.572. The Balaban J connectivity index is 1.92. The molecule has 14 heavy (non-hydrogen) atoms. The Morgan fingerprint density at radius 1 is 1.21 bits per heavy atom. The van der Waals surface area contributed by atoms with E-state index in [0.717, 1.165) is 23.8 Å². The molecule has 0 N–H and O–H groups in total. The van der Waals surface area contributed by atoms with Crippen molar-refractivity contribution in [3.8, 4) is 0 Å². The second kappa shape index (κ2) is 2.75. The Morgan fingerprint density at radius 3 is 2.21 bits per heavy atom. The summed E-state index contributed by atoms with van der Waals surface area (Å²) < 4.78 is 0. The minimum atomic E-state index is 0.572. The lowest BCUT2D eigenvalue weighted by Crippen LogP contribution is -2.65. The van der Waals surface area contributed by atoms with Crippen LogP contribution >= 0.6 is 0 Å². The summed E-state index contributed by atoms with van der Waals surface area (Å²) in [6, 6.07) is 0.931. The highest BCUT2D eigenvalue weighted by atomic mass is 15.2. The number of hydrogen-bond donors (Lipinski definition) is 0. The second-order valence-electron chi connectivity index (χ2n) is 6.23. The third-order valence-corrected chi connectivity index (χ3v) is 5.64. The highest BCUT2D eigenvalue weighted by Gasteiger charge is 2.55. The smallest absolute Gasteiger partial charge is 0.0186 e. The van der Waals surface area contributed by atoms with Crippen LogP contribution in [0.1, 0.15) is 46.0 Å². The van der Waals surface area contributed by atoms with Gasteiger partial charge in [-0.1, -0.05) is 13.3 Å². The van der Waals surface area contributed by atoms with Gasteiger partial charge in [-0.15, -0.1) is 0 Å². The molecule has 2 aliphatic heterocycles. The average molecular weight is 193 g/mol. The quantitative estimate of drug-likeness (QED) is 0.619. The molecule has 1 nitrogen and oxygen atoms in total. The zero-order chi connectivity index (χ0) is 9.92. The Bertz CT molecular complexity index is 232.